The van der Waals surface area contributed by atoms with E-state index >= 15 is 0 Å². The van der Waals surface area contributed by atoms with E-state index in [1.54, 1.807) is 40.7 Å². The zero-order valence-corrected chi connectivity index (χ0v) is 14.7. The topological polar surface area (TPSA) is 119 Å². The Balaban J connectivity index is 1.47. The van der Waals surface area contributed by atoms with Gasteiger partial charge < -0.3 is 10.7 Å². The molecule has 0 aliphatic carbocycles. The molecular formula is C18H14N6O2S. The summed E-state index contributed by atoms with van der Waals surface area (Å²) in [6.07, 6.45) is 5.17. The van der Waals surface area contributed by atoms with Gasteiger partial charge in [-0.25, -0.2) is 9.67 Å². The number of primary amides is 1. The molecule has 27 heavy (non-hydrogen) atoms. The van der Waals surface area contributed by atoms with Crippen molar-refractivity contribution in [1.29, 1.82) is 0 Å². The minimum Gasteiger partial charge on any atom is -0.364 e. The van der Waals surface area contributed by atoms with Gasteiger partial charge in [0.05, 0.1) is 11.4 Å². The maximum Gasteiger partial charge on any atom is 0.265 e. The van der Waals surface area contributed by atoms with Gasteiger partial charge in [-0.15, -0.1) is 11.3 Å². The van der Waals surface area contributed by atoms with Crippen LogP contribution in [-0.4, -0.2) is 31.6 Å². The normalized spacial score (nSPS) is 10.7. The van der Waals surface area contributed by atoms with Crippen LogP contribution in [0.5, 0.6) is 0 Å². The van der Waals surface area contributed by atoms with E-state index in [0.29, 0.717) is 22.1 Å². The van der Waals surface area contributed by atoms with Crippen LogP contribution >= 0.6 is 11.3 Å². The molecule has 8 nitrogen and oxygen atoms in total. The van der Waals surface area contributed by atoms with Gasteiger partial charge in [0.25, 0.3) is 11.8 Å². The third kappa shape index (κ3) is 3.48. The maximum atomic E-state index is 12.4. The van der Waals surface area contributed by atoms with Crippen LogP contribution in [0.1, 0.15) is 20.8 Å². The number of aromatic nitrogens is 4. The minimum atomic E-state index is -0.538. The standard InChI is InChI=1S/C18H14N6O2S/c19-16(25)14-8-12(9-20-14)15-10-27-18(22-15)23-17(26)11-2-4-13(5-3-11)24-7-1-6-21-24/h1-10,20H,(H2,19,25)(H,22,23,26). The summed E-state index contributed by atoms with van der Waals surface area (Å²) >= 11 is 1.30. The van der Waals surface area contributed by atoms with Crippen LogP contribution in [0.15, 0.2) is 60.4 Å². The second-order valence-corrected chi connectivity index (χ2v) is 6.51. The highest BCUT2D eigenvalue weighted by atomic mass is 32.1. The molecule has 0 saturated carbocycles. The Bertz CT molecular complexity index is 1100. The van der Waals surface area contributed by atoms with Gasteiger partial charge >= 0.3 is 0 Å². The largest absolute Gasteiger partial charge is 0.364 e. The van der Waals surface area contributed by atoms with Gasteiger partial charge in [-0.1, -0.05) is 0 Å². The van der Waals surface area contributed by atoms with Crippen LogP contribution < -0.4 is 11.1 Å². The zero-order valence-electron chi connectivity index (χ0n) is 13.9. The first kappa shape index (κ1) is 16.7. The summed E-state index contributed by atoms with van der Waals surface area (Å²) in [5, 5.41) is 9.19. The predicted octanol–water partition coefficient (Wildman–Crippen LogP) is 2.68. The molecule has 3 aromatic heterocycles. The molecule has 4 N–H and O–H groups in total. The molecule has 9 heteroatoms. The number of rotatable bonds is 5. The molecule has 0 spiro atoms. The van der Waals surface area contributed by atoms with Gasteiger partial charge in [0.15, 0.2) is 5.13 Å². The smallest absolute Gasteiger partial charge is 0.265 e. The predicted molar refractivity (Wildman–Crippen MR) is 102 cm³/mol. The first-order valence-electron chi connectivity index (χ1n) is 7.96. The first-order chi connectivity index (χ1) is 13.1. The number of H-pyrrole nitrogens is 1. The highest BCUT2D eigenvalue weighted by molar-refractivity contribution is 7.14. The van der Waals surface area contributed by atoms with Crippen molar-refractivity contribution in [2.75, 3.05) is 5.32 Å². The molecule has 0 unspecified atom stereocenters. The molecule has 134 valence electrons. The minimum absolute atomic E-state index is 0.255. The van der Waals surface area contributed by atoms with Crippen LogP contribution in [0.2, 0.25) is 0 Å². The van der Waals surface area contributed by atoms with Gasteiger partial charge in [-0.05, 0) is 36.4 Å². The van der Waals surface area contributed by atoms with Crippen LogP contribution in [0.4, 0.5) is 5.13 Å². The second kappa shape index (κ2) is 6.89. The van der Waals surface area contributed by atoms with Crippen LogP contribution in [0.3, 0.4) is 0 Å². The average molecular weight is 378 g/mol. The molecule has 0 fully saturated rings. The quantitative estimate of drug-likeness (QED) is 0.495. The van der Waals surface area contributed by atoms with Crippen molar-refractivity contribution >= 4 is 28.3 Å². The summed E-state index contributed by atoms with van der Waals surface area (Å²) in [6, 6.07) is 10.5. The van der Waals surface area contributed by atoms with E-state index in [1.165, 1.54) is 11.3 Å². The monoisotopic (exact) mass is 378 g/mol. The molecule has 0 aliphatic rings. The van der Waals surface area contributed by atoms with E-state index < -0.39 is 5.91 Å². The molecule has 2 amide bonds. The Morgan fingerprint density at radius 3 is 2.70 bits per heavy atom. The summed E-state index contributed by atoms with van der Waals surface area (Å²) < 4.78 is 1.71. The van der Waals surface area contributed by atoms with Crippen molar-refractivity contribution in [2.45, 2.75) is 0 Å². The number of carbonyl (C=O) groups excluding carboxylic acids is 2. The number of hydrogen-bond acceptors (Lipinski definition) is 5. The van der Waals surface area contributed by atoms with Gasteiger partial charge in [-0.3, -0.25) is 14.9 Å². The fraction of sp³-hybridized carbons (Fsp3) is 0. The highest BCUT2D eigenvalue weighted by Gasteiger charge is 2.12. The Labute approximate surface area is 157 Å². The van der Waals surface area contributed by atoms with Crippen molar-refractivity contribution in [2.24, 2.45) is 5.73 Å². The molecule has 0 atom stereocenters. The Hall–Kier alpha value is -3.72. The molecular weight excluding hydrogens is 364 g/mol. The number of amides is 2. The Kier molecular flexibility index (Phi) is 4.27. The number of nitrogens with two attached hydrogens (primary N) is 1. The number of benzene rings is 1. The second-order valence-electron chi connectivity index (χ2n) is 5.66. The zero-order chi connectivity index (χ0) is 18.8. The van der Waals surface area contributed by atoms with E-state index in [0.717, 1.165) is 11.3 Å². The summed E-state index contributed by atoms with van der Waals surface area (Å²) in [5.41, 5.74) is 8.29. The summed E-state index contributed by atoms with van der Waals surface area (Å²) in [7, 11) is 0. The summed E-state index contributed by atoms with van der Waals surface area (Å²) in [5.74, 6) is -0.793. The molecule has 0 saturated heterocycles. The van der Waals surface area contributed by atoms with Crippen molar-refractivity contribution in [3.8, 4) is 16.9 Å². The molecule has 0 bridgehead atoms. The summed E-state index contributed by atoms with van der Waals surface area (Å²) in [6.45, 7) is 0. The van der Waals surface area contributed by atoms with E-state index in [-0.39, 0.29) is 5.91 Å². The molecule has 4 rings (SSSR count). The van der Waals surface area contributed by atoms with Crippen LogP contribution in [-0.2, 0) is 0 Å². The van der Waals surface area contributed by atoms with Gasteiger partial charge in [0, 0.05) is 35.1 Å². The lowest BCUT2D eigenvalue weighted by Gasteiger charge is -2.04. The Morgan fingerprint density at radius 2 is 2.04 bits per heavy atom. The van der Waals surface area contributed by atoms with Crippen molar-refractivity contribution in [3.05, 3.63) is 71.6 Å². The third-order valence-electron chi connectivity index (χ3n) is 3.87. The number of hydrogen-bond donors (Lipinski definition) is 3. The Morgan fingerprint density at radius 1 is 1.22 bits per heavy atom. The summed E-state index contributed by atoms with van der Waals surface area (Å²) in [4.78, 5) is 30.7. The fourth-order valence-corrected chi connectivity index (χ4v) is 3.22. The van der Waals surface area contributed by atoms with Crippen LogP contribution in [0, 0.1) is 0 Å². The molecule has 4 aromatic rings. The maximum absolute atomic E-state index is 12.4. The number of thiazole rings is 1. The van der Waals surface area contributed by atoms with E-state index in [1.807, 2.05) is 24.4 Å². The first-order valence-corrected chi connectivity index (χ1v) is 8.84. The average Bonchev–Trinajstić information content (AvgIpc) is 3.42. The van der Waals surface area contributed by atoms with Crippen molar-refractivity contribution in [3.63, 3.8) is 0 Å². The van der Waals surface area contributed by atoms with Gasteiger partial charge in [0.1, 0.15) is 5.69 Å². The lowest BCUT2D eigenvalue weighted by molar-refractivity contribution is 0.0994. The number of nitrogens with one attached hydrogen (secondary N) is 2. The van der Waals surface area contributed by atoms with Gasteiger partial charge in [0.2, 0.25) is 0 Å². The number of anilines is 1. The number of nitrogens with zero attached hydrogens (tertiary/aromatic N) is 3. The van der Waals surface area contributed by atoms with E-state index in [4.69, 9.17) is 5.73 Å². The molecule has 0 aliphatic heterocycles. The van der Waals surface area contributed by atoms with E-state index in [2.05, 4.69) is 20.4 Å². The fourth-order valence-electron chi connectivity index (χ4n) is 2.50. The van der Waals surface area contributed by atoms with Crippen molar-refractivity contribution in [1.82, 2.24) is 19.7 Å². The third-order valence-corrected chi connectivity index (χ3v) is 4.63. The van der Waals surface area contributed by atoms with Crippen LogP contribution in [0.25, 0.3) is 16.9 Å². The molecule has 3 heterocycles. The highest BCUT2D eigenvalue weighted by Crippen LogP contribution is 2.25. The number of aromatic amines is 1. The van der Waals surface area contributed by atoms with E-state index in [9.17, 15) is 9.59 Å². The lowest BCUT2D eigenvalue weighted by Crippen LogP contribution is -2.11. The van der Waals surface area contributed by atoms with Gasteiger partial charge in [-0.2, -0.15) is 5.10 Å². The number of carbonyl (C=O) groups is 2. The molecule has 0 radical (unpaired) electrons. The van der Waals surface area contributed by atoms with Crippen molar-refractivity contribution < 1.29 is 9.59 Å². The SMILES string of the molecule is NC(=O)c1cc(-c2csc(NC(=O)c3ccc(-n4cccn4)cc3)n2)c[nH]1. The lowest BCUT2D eigenvalue weighted by atomic mass is 10.2. The molecule has 1 aromatic carbocycles.